The summed E-state index contributed by atoms with van der Waals surface area (Å²) in [5.74, 6) is 2.93. The smallest absolute Gasteiger partial charge is 0.222 e. The zero-order chi connectivity index (χ0) is 21.4. The van der Waals surface area contributed by atoms with Crippen LogP contribution in [0.4, 0.5) is 17.6 Å². The standard InChI is InChI=1S/C23H28N6O/c1-13(2)20-15(4)27-23(25)28-22(20)29-7-8-30-21-14(3)9-17(10-18(21)12-29)16-5-6-19(24)26-11-16/h5-6,9-11,13H,7-8,12H2,1-4H3,(H2,24,26)(H2,25,27,28). The molecule has 0 aliphatic carbocycles. The van der Waals surface area contributed by atoms with Crippen molar-refractivity contribution in [3.63, 3.8) is 0 Å². The van der Waals surface area contributed by atoms with Crippen molar-refractivity contribution in [1.82, 2.24) is 15.0 Å². The van der Waals surface area contributed by atoms with Crippen LogP contribution in [0.5, 0.6) is 5.75 Å². The zero-order valence-corrected chi connectivity index (χ0v) is 17.9. The predicted molar refractivity (Wildman–Crippen MR) is 121 cm³/mol. The van der Waals surface area contributed by atoms with E-state index in [1.54, 1.807) is 6.20 Å². The van der Waals surface area contributed by atoms with Crippen molar-refractivity contribution in [2.24, 2.45) is 0 Å². The maximum absolute atomic E-state index is 6.15. The summed E-state index contributed by atoms with van der Waals surface area (Å²) < 4.78 is 6.15. The third-order valence-electron chi connectivity index (χ3n) is 5.45. The van der Waals surface area contributed by atoms with E-state index in [0.717, 1.165) is 51.6 Å². The molecule has 0 spiro atoms. The van der Waals surface area contributed by atoms with Gasteiger partial charge >= 0.3 is 0 Å². The van der Waals surface area contributed by atoms with Gasteiger partial charge in [-0.25, -0.2) is 9.97 Å². The van der Waals surface area contributed by atoms with Crippen LogP contribution in [-0.4, -0.2) is 28.1 Å². The maximum atomic E-state index is 6.15. The molecule has 4 rings (SSSR count). The molecular weight excluding hydrogens is 376 g/mol. The SMILES string of the molecule is Cc1cc(-c2ccc(N)nc2)cc2c1OCCN(c1nc(N)nc(C)c1C(C)C)C2. The molecule has 0 saturated carbocycles. The summed E-state index contributed by atoms with van der Waals surface area (Å²) >= 11 is 0. The summed E-state index contributed by atoms with van der Waals surface area (Å²) in [6.45, 7) is 10.4. The van der Waals surface area contributed by atoms with Crippen LogP contribution in [0, 0.1) is 13.8 Å². The van der Waals surface area contributed by atoms with Gasteiger partial charge in [-0.15, -0.1) is 0 Å². The molecule has 0 bridgehead atoms. The molecule has 3 heterocycles. The molecule has 0 amide bonds. The first-order valence-electron chi connectivity index (χ1n) is 10.2. The van der Waals surface area contributed by atoms with Crippen molar-refractivity contribution >= 4 is 17.6 Å². The first-order valence-corrected chi connectivity index (χ1v) is 10.2. The maximum Gasteiger partial charge on any atom is 0.222 e. The highest BCUT2D eigenvalue weighted by Gasteiger charge is 2.24. The number of hydrogen-bond donors (Lipinski definition) is 2. The van der Waals surface area contributed by atoms with Gasteiger partial charge < -0.3 is 21.1 Å². The van der Waals surface area contributed by atoms with Crippen molar-refractivity contribution in [2.75, 3.05) is 29.5 Å². The Kier molecular flexibility index (Phi) is 5.20. The van der Waals surface area contributed by atoms with E-state index in [-0.39, 0.29) is 5.92 Å². The first-order chi connectivity index (χ1) is 14.3. The van der Waals surface area contributed by atoms with Gasteiger partial charge in [0.1, 0.15) is 24.0 Å². The van der Waals surface area contributed by atoms with Crippen molar-refractivity contribution in [1.29, 1.82) is 0 Å². The topological polar surface area (TPSA) is 103 Å². The normalized spacial score (nSPS) is 13.7. The fourth-order valence-electron chi connectivity index (χ4n) is 4.14. The summed E-state index contributed by atoms with van der Waals surface area (Å²) in [7, 11) is 0. The van der Waals surface area contributed by atoms with E-state index in [2.05, 4.69) is 52.8 Å². The Labute approximate surface area is 177 Å². The molecule has 0 radical (unpaired) electrons. The van der Waals surface area contributed by atoms with E-state index in [1.165, 1.54) is 0 Å². The number of aryl methyl sites for hydroxylation is 2. The molecule has 156 valence electrons. The number of fused-ring (bicyclic) bond motifs is 1. The van der Waals surface area contributed by atoms with Crippen LogP contribution in [0.2, 0.25) is 0 Å². The van der Waals surface area contributed by atoms with Gasteiger partial charge in [-0.3, -0.25) is 0 Å². The second kappa shape index (κ2) is 7.82. The third kappa shape index (κ3) is 3.75. The van der Waals surface area contributed by atoms with Gasteiger partial charge in [0.15, 0.2) is 0 Å². The van der Waals surface area contributed by atoms with Crippen LogP contribution < -0.4 is 21.1 Å². The molecule has 2 aromatic heterocycles. The average molecular weight is 405 g/mol. The fourth-order valence-corrected chi connectivity index (χ4v) is 4.14. The number of benzene rings is 1. The molecular formula is C23H28N6O. The largest absolute Gasteiger partial charge is 0.491 e. The van der Waals surface area contributed by atoms with Gasteiger partial charge in [0.05, 0.1) is 6.54 Å². The number of hydrogen-bond acceptors (Lipinski definition) is 7. The fraction of sp³-hybridized carbons (Fsp3) is 0.348. The molecule has 0 atom stereocenters. The van der Waals surface area contributed by atoms with Gasteiger partial charge in [0.25, 0.3) is 0 Å². The van der Waals surface area contributed by atoms with E-state index in [1.807, 2.05) is 19.1 Å². The minimum Gasteiger partial charge on any atom is -0.491 e. The molecule has 0 fully saturated rings. The highest BCUT2D eigenvalue weighted by atomic mass is 16.5. The molecule has 7 nitrogen and oxygen atoms in total. The van der Waals surface area contributed by atoms with Gasteiger partial charge in [-0.2, -0.15) is 4.98 Å². The Morgan fingerprint density at radius 3 is 2.57 bits per heavy atom. The Morgan fingerprint density at radius 2 is 1.87 bits per heavy atom. The Balaban J connectivity index is 1.78. The molecule has 3 aromatic rings. The average Bonchev–Trinajstić information content (AvgIpc) is 2.90. The predicted octanol–water partition coefficient (Wildman–Crippen LogP) is 3.84. The molecule has 1 aliphatic rings. The van der Waals surface area contributed by atoms with Crippen molar-refractivity contribution in [2.45, 2.75) is 40.2 Å². The molecule has 30 heavy (non-hydrogen) atoms. The van der Waals surface area contributed by atoms with Gasteiger partial charge in [-0.1, -0.05) is 13.8 Å². The van der Waals surface area contributed by atoms with Crippen LogP contribution in [0.15, 0.2) is 30.5 Å². The van der Waals surface area contributed by atoms with Crippen molar-refractivity contribution < 1.29 is 4.74 Å². The number of nitrogens with two attached hydrogens (primary N) is 2. The molecule has 4 N–H and O–H groups in total. The lowest BCUT2D eigenvalue weighted by molar-refractivity contribution is 0.329. The van der Waals surface area contributed by atoms with Crippen molar-refractivity contribution in [3.8, 4) is 16.9 Å². The van der Waals surface area contributed by atoms with Crippen LogP contribution in [-0.2, 0) is 6.54 Å². The number of ether oxygens (including phenoxy) is 1. The number of pyridine rings is 1. The number of rotatable bonds is 3. The third-order valence-corrected chi connectivity index (χ3v) is 5.45. The zero-order valence-electron chi connectivity index (χ0n) is 17.9. The van der Waals surface area contributed by atoms with Crippen LogP contribution in [0.3, 0.4) is 0 Å². The first kappa shape index (κ1) is 19.9. The summed E-state index contributed by atoms with van der Waals surface area (Å²) in [4.78, 5) is 15.5. The summed E-state index contributed by atoms with van der Waals surface area (Å²) in [6.07, 6.45) is 1.80. The summed E-state index contributed by atoms with van der Waals surface area (Å²) in [5, 5.41) is 0. The summed E-state index contributed by atoms with van der Waals surface area (Å²) in [6, 6.07) is 8.11. The van der Waals surface area contributed by atoms with E-state index < -0.39 is 0 Å². The van der Waals surface area contributed by atoms with Gasteiger partial charge in [-0.05, 0) is 55.2 Å². The number of nitrogens with zero attached hydrogens (tertiary/aromatic N) is 4. The summed E-state index contributed by atoms with van der Waals surface area (Å²) in [5.41, 5.74) is 18.1. The number of nitrogen functional groups attached to an aromatic ring is 2. The quantitative estimate of drug-likeness (QED) is 0.683. The van der Waals surface area contributed by atoms with Crippen LogP contribution in [0.25, 0.3) is 11.1 Å². The van der Waals surface area contributed by atoms with Crippen LogP contribution >= 0.6 is 0 Å². The Bertz CT molecular complexity index is 1080. The van der Waals surface area contributed by atoms with E-state index in [9.17, 15) is 0 Å². The van der Waals surface area contributed by atoms with Crippen molar-refractivity contribution in [3.05, 3.63) is 52.8 Å². The molecule has 7 heteroatoms. The minimum absolute atomic E-state index is 0.290. The molecule has 1 aromatic carbocycles. The highest BCUT2D eigenvalue weighted by molar-refractivity contribution is 5.68. The number of aromatic nitrogens is 3. The van der Waals surface area contributed by atoms with Crippen LogP contribution in [0.1, 0.15) is 42.1 Å². The highest BCUT2D eigenvalue weighted by Crippen LogP contribution is 2.36. The number of anilines is 3. The lowest BCUT2D eigenvalue weighted by atomic mass is 9.99. The van der Waals surface area contributed by atoms with Gasteiger partial charge in [0.2, 0.25) is 5.95 Å². The minimum atomic E-state index is 0.290. The Morgan fingerprint density at radius 1 is 1.07 bits per heavy atom. The second-order valence-electron chi connectivity index (χ2n) is 8.08. The van der Waals surface area contributed by atoms with Gasteiger partial charge in [0, 0.05) is 35.1 Å². The molecule has 0 saturated heterocycles. The lowest BCUT2D eigenvalue weighted by Crippen LogP contribution is -2.28. The Hall–Kier alpha value is -3.35. The second-order valence-corrected chi connectivity index (χ2v) is 8.08. The lowest BCUT2D eigenvalue weighted by Gasteiger charge is -2.26. The van der Waals surface area contributed by atoms with E-state index in [4.69, 9.17) is 16.2 Å². The molecule has 0 unspecified atom stereocenters. The monoisotopic (exact) mass is 404 g/mol. The molecule has 1 aliphatic heterocycles. The van der Waals surface area contributed by atoms with E-state index in [0.29, 0.717) is 24.9 Å². The van der Waals surface area contributed by atoms with E-state index >= 15 is 0 Å².